The quantitative estimate of drug-likeness (QED) is 0.557. The van der Waals surface area contributed by atoms with Crippen molar-refractivity contribution < 1.29 is 9.18 Å². The van der Waals surface area contributed by atoms with Crippen LogP contribution < -0.4 is 10.6 Å². The van der Waals surface area contributed by atoms with Crippen LogP contribution >= 0.6 is 23.2 Å². The summed E-state index contributed by atoms with van der Waals surface area (Å²) in [5.74, 6) is -0.647. The minimum absolute atomic E-state index is 0.0485. The van der Waals surface area contributed by atoms with Crippen molar-refractivity contribution in [3.63, 3.8) is 0 Å². The molecule has 0 aliphatic carbocycles. The van der Waals surface area contributed by atoms with E-state index in [9.17, 15) is 9.18 Å². The summed E-state index contributed by atoms with van der Waals surface area (Å²) in [6.45, 7) is 0.587. The van der Waals surface area contributed by atoms with Gasteiger partial charge < -0.3 is 10.3 Å². The van der Waals surface area contributed by atoms with Crippen LogP contribution in [0.1, 0.15) is 16.8 Å². The Bertz CT molecular complexity index is 1080. The highest BCUT2D eigenvalue weighted by atomic mass is 35.5. The Morgan fingerprint density at radius 2 is 2.00 bits per heavy atom. The van der Waals surface area contributed by atoms with Crippen molar-refractivity contribution in [2.75, 3.05) is 11.9 Å². The number of nitrogens with one attached hydrogen (secondary N) is 3. The smallest absolute Gasteiger partial charge is 0.255 e. The summed E-state index contributed by atoms with van der Waals surface area (Å²) in [4.78, 5) is 16.2. The Morgan fingerprint density at radius 1 is 1.16 bits per heavy atom. The average molecular weight is 376 g/mol. The van der Waals surface area contributed by atoms with Crippen molar-refractivity contribution in [1.29, 1.82) is 0 Å². The molecule has 7 heteroatoms. The maximum absolute atomic E-state index is 14.0. The van der Waals surface area contributed by atoms with Crippen molar-refractivity contribution in [3.8, 4) is 0 Å². The molecule has 2 aromatic carbocycles. The second-order valence-electron chi connectivity index (χ2n) is 6.36. The number of carbonyl (C=O) groups excluding carboxylic acids is 1. The Balaban J connectivity index is 1.85. The maximum Gasteiger partial charge on any atom is 0.255 e. The molecule has 3 aromatic rings. The zero-order valence-electron chi connectivity index (χ0n) is 12.8. The van der Waals surface area contributed by atoms with Crippen molar-refractivity contribution in [3.05, 3.63) is 63.0 Å². The predicted molar refractivity (Wildman–Crippen MR) is 95.8 cm³/mol. The monoisotopic (exact) mass is 375 g/mol. The molecule has 3 N–H and O–H groups in total. The van der Waals surface area contributed by atoms with Crippen LogP contribution in [-0.2, 0) is 16.8 Å². The molecule has 0 saturated heterocycles. The highest BCUT2D eigenvalue weighted by Crippen LogP contribution is 2.46. The van der Waals surface area contributed by atoms with Crippen LogP contribution in [0.15, 0.2) is 30.3 Å². The Morgan fingerprint density at radius 3 is 2.84 bits per heavy atom. The third-order valence-corrected chi connectivity index (χ3v) is 5.59. The number of rotatable bonds is 0. The molecule has 1 spiro atoms. The summed E-state index contributed by atoms with van der Waals surface area (Å²) in [5.41, 5.74) is 2.78. The van der Waals surface area contributed by atoms with Gasteiger partial charge in [0.05, 0.1) is 10.7 Å². The van der Waals surface area contributed by atoms with E-state index in [-0.39, 0.29) is 10.9 Å². The number of amides is 1. The maximum atomic E-state index is 14.0. The lowest BCUT2D eigenvalue weighted by molar-refractivity contribution is -0.120. The van der Waals surface area contributed by atoms with Gasteiger partial charge in [-0.1, -0.05) is 23.2 Å². The fourth-order valence-corrected chi connectivity index (χ4v) is 4.32. The molecular formula is C18H12Cl2FN3O. The fraction of sp³-hybridized carbons (Fsp3) is 0.167. The van der Waals surface area contributed by atoms with E-state index in [1.54, 1.807) is 24.3 Å². The number of aromatic amines is 1. The molecule has 0 bridgehead atoms. The minimum atomic E-state index is -1.06. The number of hydrogen-bond donors (Lipinski definition) is 3. The van der Waals surface area contributed by atoms with Gasteiger partial charge in [-0.2, -0.15) is 0 Å². The number of H-pyrrole nitrogens is 1. The largest absolute Gasteiger partial charge is 0.356 e. The van der Waals surface area contributed by atoms with Crippen molar-refractivity contribution >= 4 is 45.7 Å². The zero-order chi connectivity index (χ0) is 17.3. The molecular weight excluding hydrogens is 364 g/mol. The topological polar surface area (TPSA) is 56.9 Å². The van der Waals surface area contributed by atoms with Gasteiger partial charge in [0, 0.05) is 33.7 Å². The molecule has 2 aliphatic rings. The van der Waals surface area contributed by atoms with Gasteiger partial charge in [-0.25, -0.2) is 4.39 Å². The van der Waals surface area contributed by atoms with Crippen LogP contribution in [0.3, 0.4) is 0 Å². The van der Waals surface area contributed by atoms with Gasteiger partial charge >= 0.3 is 0 Å². The fourth-order valence-electron chi connectivity index (χ4n) is 3.99. The number of benzene rings is 2. The van der Waals surface area contributed by atoms with Gasteiger partial charge in [0.1, 0.15) is 5.82 Å². The lowest BCUT2D eigenvalue weighted by atomic mass is 9.82. The molecule has 4 nitrogen and oxygen atoms in total. The van der Waals surface area contributed by atoms with E-state index in [0.29, 0.717) is 29.2 Å². The average Bonchev–Trinajstić information content (AvgIpc) is 3.06. The molecule has 3 heterocycles. The second kappa shape index (κ2) is 4.97. The SMILES string of the molecule is O=C1Nc2ccc(Cl)cc2[C@]12NCCc1c2[nH]c2cc(Cl)c(F)cc12. The zero-order valence-corrected chi connectivity index (χ0v) is 14.4. The number of carbonyl (C=O) groups is 1. The first-order valence-electron chi connectivity index (χ1n) is 7.87. The van der Waals surface area contributed by atoms with E-state index >= 15 is 0 Å². The van der Waals surface area contributed by atoms with Gasteiger partial charge in [0.2, 0.25) is 0 Å². The third-order valence-electron chi connectivity index (χ3n) is 5.06. The molecule has 126 valence electrons. The normalized spacial score (nSPS) is 21.5. The molecule has 1 aromatic heterocycles. The van der Waals surface area contributed by atoms with E-state index in [1.165, 1.54) is 6.07 Å². The highest BCUT2D eigenvalue weighted by Gasteiger charge is 2.52. The first kappa shape index (κ1) is 15.2. The van der Waals surface area contributed by atoms with E-state index in [1.807, 2.05) is 0 Å². The van der Waals surface area contributed by atoms with Gasteiger partial charge in [-0.3, -0.25) is 10.1 Å². The Labute approximate surface area is 152 Å². The molecule has 25 heavy (non-hydrogen) atoms. The van der Waals surface area contributed by atoms with Gasteiger partial charge in [-0.05, 0) is 42.3 Å². The van der Waals surface area contributed by atoms with E-state index in [0.717, 1.165) is 22.2 Å². The minimum Gasteiger partial charge on any atom is -0.356 e. The molecule has 0 radical (unpaired) electrons. The number of aromatic nitrogens is 1. The Hall–Kier alpha value is -2.08. The summed E-state index contributed by atoms with van der Waals surface area (Å²) >= 11 is 12.1. The summed E-state index contributed by atoms with van der Waals surface area (Å²) in [6.07, 6.45) is 0.682. The molecule has 5 rings (SSSR count). The van der Waals surface area contributed by atoms with Crippen molar-refractivity contribution in [1.82, 2.24) is 10.3 Å². The lowest BCUT2D eigenvalue weighted by Crippen LogP contribution is -2.53. The molecule has 0 unspecified atom stereocenters. The van der Waals surface area contributed by atoms with E-state index < -0.39 is 11.4 Å². The van der Waals surface area contributed by atoms with Crippen molar-refractivity contribution in [2.24, 2.45) is 0 Å². The molecule has 0 saturated carbocycles. The molecule has 1 atom stereocenters. The number of anilines is 1. The second-order valence-corrected chi connectivity index (χ2v) is 7.20. The molecule has 1 amide bonds. The van der Waals surface area contributed by atoms with Crippen LogP contribution in [0.2, 0.25) is 10.0 Å². The first-order valence-corrected chi connectivity index (χ1v) is 8.63. The van der Waals surface area contributed by atoms with Crippen molar-refractivity contribution in [2.45, 2.75) is 12.0 Å². The van der Waals surface area contributed by atoms with E-state index in [4.69, 9.17) is 23.2 Å². The van der Waals surface area contributed by atoms with Gasteiger partial charge in [-0.15, -0.1) is 0 Å². The third kappa shape index (κ3) is 1.89. The van der Waals surface area contributed by atoms with Gasteiger partial charge in [0.25, 0.3) is 5.91 Å². The standard InChI is InChI=1S/C18H12Cl2FN3O/c19-8-1-2-14-11(5-8)18(17(25)24-14)16-9(3-4-22-18)10-6-13(21)12(20)7-15(10)23-16/h1-2,5-7,22-23H,3-4H2,(H,24,25)/t18-/m1/s1. The summed E-state index contributed by atoms with van der Waals surface area (Å²) in [6, 6.07) is 8.31. The summed E-state index contributed by atoms with van der Waals surface area (Å²) < 4.78 is 14.0. The highest BCUT2D eigenvalue weighted by molar-refractivity contribution is 6.31. The van der Waals surface area contributed by atoms with Crippen LogP contribution in [0, 0.1) is 5.82 Å². The summed E-state index contributed by atoms with van der Waals surface area (Å²) in [7, 11) is 0. The number of fused-ring (bicyclic) bond motifs is 6. The Kier molecular flexibility index (Phi) is 3.02. The predicted octanol–water partition coefficient (Wildman–Crippen LogP) is 3.96. The van der Waals surface area contributed by atoms with E-state index in [2.05, 4.69) is 15.6 Å². The van der Waals surface area contributed by atoms with Crippen LogP contribution in [-0.4, -0.2) is 17.4 Å². The summed E-state index contributed by atoms with van der Waals surface area (Å²) in [5, 5.41) is 7.61. The molecule has 0 fully saturated rings. The lowest BCUT2D eigenvalue weighted by Gasteiger charge is -2.33. The number of halogens is 3. The van der Waals surface area contributed by atoms with Crippen LogP contribution in [0.4, 0.5) is 10.1 Å². The number of hydrogen-bond acceptors (Lipinski definition) is 2. The first-order chi connectivity index (χ1) is 12.0. The van der Waals surface area contributed by atoms with Crippen LogP contribution in [0.25, 0.3) is 10.9 Å². The van der Waals surface area contributed by atoms with Crippen LogP contribution in [0.5, 0.6) is 0 Å². The van der Waals surface area contributed by atoms with Gasteiger partial charge in [0.15, 0.2) is 5.54 Å². The molecule has 2 aliphatic heterocycles.